The SMILES string of the molecule is COP(=O)(CN(CCc1ccc(O)cc1)P(=O)(OC)OC)OC. The van der Waals surface area contributed by atoms with Crippen molar-refractivity contribution >= 4 is 15.3 Å². The number of phenolic OH excluding ortho intramolecular Hbond substituents is 1. The van der Waals surface area contributed by atoms with Gasteiger partial charge in [0.15, 0.2) is 0 Å². The van der Waals surface area contributed by atoms with Crippen molar-refractivity contribution in [3.63, 3.8) is 0 Å². The van der Waals surface area contributed by atoms with Gasteiger partial charge in [-0.3, -0.25) is 13.6 Å². The molecule has 0 atom stereocenters. The summed E-state index contributed by atoms with van der Waals surface area (Å²) in [5.41, 5.74) is 0.899. The zero-order valence-electron chi connectivity index (χ0n) is 13.7. The smallest absolute Gasteiger partial charge is 0.408 e. The van der Waals surface area contributed by atoms with E-state index in [1.54, 1.807) is 24.3 Å². The average Bonchev–Trinajstić information content (AvgIpc) is 2.59. The van der Waals surface area contributed by atoms with Gasteiger partial charge in [-0.1, -0.05) is 12.1 Å². The number of aromatic hydroxyl groups is 1. The van der Waals surface area contributed by atoms with Crippen LogP contribution in [0.4, 0.5) is 0 Å². The van der Waals surface area contributed by atoms with E-state index in [1.807, 2.05) is 0 Å². The van der Waals surface area contributed by atoms with Crippen molar-refractivity contribution in [3.05, 3.63) is 29.8 Å². The highest BCUT2D eigenvalue weighted by atomic mass is 31.2. The minimum absolute atomic E-state index is 0.160. The molecule has 0 aliphatic carbocycles. The standard InChI is InChI=1S/C13H23NO7P2/c1-18-22(16,19-2)11-14(23(17,20-3)21-4)10-9-12-5-7-13(15)8-6-12/h5-8,15H,9-11H2,1-4H3. The second kappa shape index (κ2) is 8.94. The molecule has 8 nitrogen and oxygen atoms in total. The summed E-state index contributed by atoms with van der Waals surface area (Å²) in [6, 6.07) is 6.59. The molecule has 0 unspecified atom stereocenters. The molecular weight excluding hydrogens is 344 g/mol. The molecule has 0 aliphatic heterocycles. The van der Waals surface area contributed by atoms with Crippen LogP contribution in [0.3, 0.4) is 0 Å². The molecule has 1 N–H and O–H groups in total. The van der Waals surface area contributed by atoms with Crippen molar-refractivity contribution in [2.24, 2.45) is 0 Å². The molecule has 1 rings (SSSR count). The van der Waals surface area contributed by atoms with Gasteiger partial charge in [-0.15, -0.1) is 0 Å². The minimum Gasteiger partial charge on any atom is -0.508 e. The first-order valence-electron chi connectivity index (χ1n) is 6.78. The monoisotopic (exact) mass is 367 g/mol. The number of benzene rings is 1. The summed E-state index contributed by atoms with van der Waals surface area (Å²) in [6.45, 7) is 0.237. The second-order valence-electron chi connectivity index (χ2n) is 4.60. The van der Waals surface area contributed by atoms with Gasteiger partial charge in [0.25, 0.3) is 0 Å². The maximum atomic E-state index is 12.6. The van der Waals surface area contributed by atoms with E-state index < -0.39 is 15.3 Å². The van der Waals surface area contributed by atoms with Crippen LogP contribution in [0, 0.1) is 0 Å². The van der Waals surface area contributed by atoms with Gasteiger partial charge in [-0.25, -0.2) is 4.57 Å². The number of phenols is 1. The third kappa shape index (κ3) is 5.69. The number of hydrogen-bond donors (Lipinski definition) is 1. The summed E-state index contributed by atoms with van der Waals surface area (Å²) in [5.74, 6) is 0.160. The fourth-order valence-electron chi connectivity index (χ4n) is 1.89. The van der Waals surface area contributed by atoms with E-state index in [2.05, 4.69) is 0 Å². The molecule has 132 valence electrons. The lowest BCUT2D eigenvalue weighted by Crippen LogP contribution is -2.26. The quantitative estimate of drug-likeness (QED) is 0.631. The van der Waals surface area contributed by atoms with E-state index in [9.17, 15) is 14.2 Å². The predicted molar refractivity (Wildman–Crippen MR) is 86.6 cm³/mol. The van der Waals surface area contributed by atoms with E-state index in [0.717, 1.165) is 5.56 Å². The molecule has 0 amide bonds. The van der Waals surface area contributed by atoms with E-state index >= 15 is 0 Å². The Bertz CT molecular complexity index is 562. The van der Waals surface area contributed by atoms with Crippen molar-refractivity contribution in [1.29, 1.82) is 0 Å². The van der Waals surface area contributed by atoms with Gasteiger partial charge in [0.2, 0.25) is 0 Å². The molecule has 0 bridgehead atoms. The number of hydrogen-bond acceptors (Lipinski definition) is 7. The Labute approximate surface area is 136 Å². The molecule has 0 fully saturated rings. The van der Waals surface area contributed by atoms with Crippen LogP contribution in [-0.2, 0) is 33.6 Å². The van der Waals surface area contributed by atoms with Crippen LogP contribution < -0.4 is 0 Å². The van der Waals surface area contributed by atoms with E-state index in [4.69, 9.17) is 18.1 Å². The van der Waals surface area contributed by atoms with Crippen LogP contribution in [0.5, 0.6) is 5.75 Å². The van der Waals surface area contributed by atoms with Gasteiger partial charge >= 0.3 is 15.3 Å². The van der Waals surface area contributed by atoms with Gasteiger partial charge in [0, 0.05) is 35.0 Å². The largest absolute Gasteiger partial charge is 0.508 e. The van der Waals surface area contributed by atoms with E-state index in [-0.39, 0.29) is 18.6 Å². The van der Waals surface area contributed by atoms with Crippen molar-refractivity contribution in [2.45, 2.75) is 6.42 Å². The average molecular weight is 367 g/mol. The summed E-state index contributed by atoms with van der Waals surface area (Å²) in [4.78, 5) is 0. The molecule has 0 heterocycles. The molecule has 0 saturated carbocycles. The molecule has 10 heteroatoms. The van der Waals surface area contributed by atoms with Gasteiger partial charge < -0.3 is 14.2 Å². The van der Waals surface area contributed by atoms with E-state index in [1.165, 1.54) is 33.1 Å². The molecule has 1 aromatic carbocycles. The van der Waals surface area contributed by atoms with Crippen LogP contribution in [-0.4, -0.2) is 51.0 Å². The Morgan fingerprint density at radius 3 is 1.91 bits per heavy atom. The fraction of sp³-hybridized carbons (Fsp3) is 0.538. The number of rotatable bonds is 10. The maximum absolute atomic E-state index is 12.6. The molecule has 0 spiro atoms. The van der Waals surface area contributed by atoms with Crippen molar-refractivity contribution in [1.82, 2.24) is 4.67 Å². The van der Waals surface area contributed by atoms with Crippen LogP contribution in [0.2, 0.25) is 0 Å². The molecular formula is C13H23NO7P2. The topological polar surface area (TPSA) is 94.5 Å². The van der Waals surface area contributed by atoms with Crippen LogP contribution in [0.1, 0.15) is 5.56 Å². The van der Waals surface area contributed by atoms with Gasteiger partial charge in [-0.2, -0.15) is 4.67 Å². The third-order valence-electron chi connectivity index (χ3n) is 3.30. The molecule has 0 radical (unpaired) electrons. The molecule has 0 aliphatic rings. The molecule has 1 aromatic rings. The van der Waals surface area contributed by atoms with E-state index in [0.29, 0.717) is 6.42 Å². The highest BCUT2D eigenvalue weighted by Crippen LogP contribution is 2.57. The summed E-state index contributed by atoms with van der Waals surface area (Å²) in [5, 5.41) is 9.29. The predicted octanol–water partition coefficient (Wildman–Crippen LogP) is 3.08. The Balaban J connectivity index is 2.93. The van der Waals surface area contributed by atoms with Crippen molar-refractivity contribution < 1.29 is 32.3 Å². The van der Waals surface area contributed by atoms with Crippen LogP contribution in [0.25, 0.3) is 0 Å². The first kappa shape index (κ1) is 20.3. The Morgan fingerprint density at radius 1 is 0.957 bits per heavy atom. The van der Waals surface area contributed by atoms with Gasteiger partial charge in [-0.05, 0) is 24.1 Å². The summed E-state index contributed by atoms with van der Waals surface area (Å²) >= 11 is 0. The lowest BCUT2D eigenvalue weighted by atomic mass is 10.1. The minimum atomic E-state index is -3.61. The second-order valence-corrected chi connectivity index (χ2v) is 9.07. The highest BCUT2D eigenvalue weighted by Gasteiger charge is 2.37. The van der Waals surface area contributed by atoms with Gasteiger partial charge in [0.1, 0.15) is 12.0 Å². The Hall–Kier alpha value is -0.720. The third-order valence-corrected chi connectivity index (χ3v) is 7.28. The normalized spacial score (nSPS) is 12.7. The maximum Gasteiger partial charge on any atom is 0.408 e. The lowest BCUT2D eigenvalue weighted by Gasteiger charge is -2.29. The highest BCUT2D eigenvalue weighted by molar-refractivity contribution is 7.56. The number of nitrogens with zero attached hydrogens (tertiary/aromatic N) is 1. The molecule has 0 saturated heterocycles. The molecule has 23 heavy (non-hydrogen) atoms. The van der Waals surface area contributed by atoms with Crippen molar-refractivity contribution in [3.8, 4) is 5.75 Å². The fourth-order valence-corrected chi connectivity index (χ4v) is 4.85. The zero-order valence-corrected chi connectivity index (χ0v) is 15.5. The summed E-state index contributed by atoms with van der Waals surface area (Å²) < 4.78 is 46.1. The molecule has 0 aromatic heterocycles. The Morgan fingerprint density at radius 2 is 1.48 bits per heavy atom. The van der Waals surface area contributed by atoms with Crippen molar-refractivity contribution in [2.75, 3.05) is 41.3 Å². The summed E-state index contributed by atoms with van der Waals surface area (Å²) in [7, 11) is -2.03. The zero-order chi connectivity index (χ0) is 17.5. The Kier molecular flexibility index (Phi) is 7.90. The van der Waals surface area contributed by atoms with Crippen LogP contribution in [0.15, 0.2) is 24.3 Å². The summed E-state index contributed by atoms with van der Waals surface area (Å²) in [6.07, 6.45) is 0.238. The van der Waals surface area contributed by atoms with Gasteiger partial charge in [0.05, 0.1) is 0 Å². The lowest BCUT2D eigenvalue weighted by molar-refractivity contribution is 0.204. The first-order chi connectivity index (χ1) is 10.8. The van der Waals surface area contributed by atoms with Crippen LogP contribution >= 0.6 is 15.3 Å². The first-order valence-corrected chi connectivity index (χ1v) is 10.00.